The van der Waals surface area contributed by atoms with Crippen molar-refractivity contribution < 1.29 is 9.84 Å². The van der Waals surface area contributed by atoms with Crippen LogP contribution in [-0.2, 0) is 4.74 Å². The van der Waals surface area contributed by atoms with Crippen LogP contribution in [0.2, 0.25) is 0 Å². The third kappa shape index (κ3) is 6.82. The molecule has 2 rings (SSSR count). The molecule has 152 valence electrons. The van der Waals surface area contributed by atoms with Gasteiger partial charge in [-0.25, -0.2) is 0 Å². The van der Waals surface area contributed by atoms with Crippen molar-refractivity contribution in [2.75, 3.05) is 26.2 Å². The normalized spacial score (nSPS) is 22.4. The minimum atomic E-state index is -0.596. The fourth-order valence-corrected chi connectivity index (χ4v) is 3.65. The van der Waals surface area contributed by atoms with E-state index in [4.69, 9.17) is 4.74 Å². The number of aliphatic hydroxyl groups is 1. The molecule has 1 fully saturated rings. The lowest BCUT2D eigenvalue weighted by Crippen LogP contribution is -2.47. The second-order valence-electron chi connectivity index (χ2n) is 8.59. The Morgan fingerprint density at radius 2 is 1.96 bits per heavy atom. The van der Waals surface area contributed by atoms with E-state index in [-0.39, 0.29) is 11.5 Å². The Morgan fingerprint density at radius 3 is 2.59 bits per heavy atom. The molecule has 3 atom stereocenters. The quantitative estimate of drug-likeness (QED) is 0.526. The van der Waals surface area contributed by atoms with Crippen molar-refractivity contribution in [2.24, 2.45) is 16.3 Å². The molecule has 1 aliphatic heterocycles. The van der Waals surface area contributed by atoms with E-state index >= 15 is 0 Å². The zero-order valence-corrected chi connectivity index (χ0v) is 17.6. The topological polar surface area (TPSA) is 65.9 Å². The van der Waals surface area contributed by atoms with E-state index in [2.05, 4.69) is 43.3 Å². The van der Waals surface area contributed by atoms with Crippen LogP contribution in [-0.4, -0.2) is 43.4 Å². The summed E-state index contributed by atoms with van der Waals surface area (Å²) in [4.78, 5) is 4.59. The van der Waals surface area contributed by atoms with Crippen LogP contribution in [0.3, 0.4) is 0 Å². The number of aliphatic imine (C=N–C) groups is 1. The first-order valence-corrected chi connectivity index (χ1v) is 10.2. The van der Waals surface area contributed by atoms with Crippen LogP contribution >= 0.6 is 0 Å². The van der Waals surface area contributed by atoms with Gasteiger partial charge in [0.05, 0.1) is 18.8 Å². The molecule has 1 aromatic carbocycles. The summed E-state index contributed by atoms with van der Waals surface area (Å²) in [6.07, 6.45) is 1.93. The zero-order chi connectivity index (χ0) is 19.9. The van der Waals surface area contributed by atoms with E-state index in [1.165, 1.54) is 12.0 Å². The molecule has 3 N–H and O–H groups in total. The molecule has 0 spiro atoms. The van der Waals surface area contributed by atoms with Gasteiger partial charge in [-0.05, 0) is 37.7 Å². The number of nitrogens with one attached hydrogen (secondary N) is 2. The molecule has 0 saturated carbocycles. The maximum atomic E-state index is 10.4. The van der Waals surface area contributed by atoms with Gasteiger partial charge in [-0.1, -0.05) is 50.6 Å². The predicted octanol–water partition coefficient (Wildman–Crippen LogP) is 3.42. The van der Waals surface area contributed by atoms with Gasteiger partial charge in [0.1, 0.15) is 0 Å². The van der Waals surface area contributed by atoms with Gasteiger partial charge in [0.2, 0.25) is 0 Å². The van der Waals surface area contributed by atoms with Crippen LogP contribution in [0.5, 0.6) is 0 Å². The Morgan fingerprint density at radius 1 is 1.26 bits per heavy atom. The van der Waals surface area contributed by atoms with Gasteiger partial charge in [-0.3, -0.25) is 4.99 Å². The highest BCUT2D eigenvalue weighted by molar-refractivity contribution is 5.79. The van der Waals surface area contributed by atoms with Gasteiger partial charge >= 0.3 is 0 Å². The summed E-state index contributed by atoms with van der Waals surface area (Å²) >= 11 is 0. The second-order valence-corrected chi connectivity index (χ2v) is 8.59. The molecule has 0 bridgehead atoms. The largest absolute Gasteiger partial charge is 0.386 e. The standard InChI is InChI=1S/C22H37N3O2/c1-6-23-21(25-15-19(26)17-11-9-16(2)10-12-17)24-14-18-8-7-13-27-20(18)22(3,4)5/h9-12,18-20,26H,6-8,13-15H2,1-5H3,(H2,23,24,25). The molecule has 0 aromatic heterocycles. The van der Waals surface area contributed by atoms with Gasteiger partial charge < -0.3 is 20.5 Å². The first-order chi connectivity index (χ1) is 12.8. The Bertz CT molecular complexity index is 593. The third-order valence-electron chi connectivity index (χ3n) is 5.06. The second kappa shape index (κ2) is 10.1. The van der Waals surface area contributed by atoms with Gasteiger partial charge in [-0.15, -0.1) is 0 Å². The Kier molecular flexibility index (Phi) is 8.11. The number of hydrogen-bond donors (Lipinski definition) is 3. The Balaban J connectivity index is 1.95. The molecule has 0 aliphatic carbocycles. The van der Waals surface area contributed by atoms with Crippen LogP contribution < -0.4 is 10.6 Å². The van der Waals surface area contributed by atoms with Crippen molar-refractivity contribution in [3.8, 4) is 0 Å². The molecular weight excluding hydrogens is 338 g/mol. The number of guanidine groups is 1. The summed E-state index contributed by atoms with van der Waals surface area (Å²) in [7, 11) is 0. The third-order valence-corrected chi connectivity index (χ3v) is 5.06. The van der Waals surface area contributed by atoms with Crippen LogP contribution in [0.15, 0.2) is 29.3 Å². The molecule has 1 aliphatic rings. The highest BCUT2D eigenvalue weighted by atomic mass is 16.5. The molecule has 1 heterocycles. The number of aryl methyl sites for hydroxylation is 1. The maximum absolute atomic E-state index is 10.4. The molecule has 0 amide bonds. The molecule has 3 unspecified atom stereocenters. The van der Waals surface area contributed by atoms with Gasteiger partial charge in [-0.2, -0.15) is 0 Å². The molecule has 1 aromatic rings. The van der Waals surface area contributed by atoms with E-state index < -0.39 is 6.10 Å². The maximum Gasteiger partial charge on any atom is 0.191 e. The number of ether oxygens (including phenoxy) is 1. The number of hydrogen-bond acceptors (Lipinski definition) is 3. The zero-order valence-electron chi connectivity index (χ0n) is 17.6. The molecule has 27 heavy (non-hydrogen) atoms. The van der Waals surface area contributed by atoms with Crippen LogP contribution in [0.1, 0.15) is 57.8 Å². The monoisotopic (exact) mass is 375 g/mol. The average Bonchev–Trinajstić information content (AvgIpc) is 2.64. The Labute approximate surface area is 164 Å². The SMILES string of the molecule is CCNC(=NCC(O)c1ccc(C)cc1)NCC1CCCOC1C(C)(C)C. The average molecular weight is 376 g/mol. The van der Waals surface area contributed by atoms with Crippen LogP contribution in [0.4, 0.5) is 0 Å². The lowest BCUT2D eigenvalue weighted by atomic mass is 9.78. The van der Waals surface area contributed by atoms with E-state index in [0.717, 1.165) is 37.6 Å². The highest BCUT2D eigenvalue weighted by Gasteiger charge is 2.35. The first-order valence-electron chi connectivity index (χ1n) is 10.2. The number of benzene rings is 1. The van der Waals surface area contributed by atoms with Crippen molar-refractivity contribution in [1.29, 1.82) is 0 Å². The van der Waals surface area contributed by atoms with E-state index in [1.54, 1.807) is 0 Å². The van der Waals surface area contributed by atoms with Crippen molar-refractivity contribution in [3.63, 3.8) is 0 Å². The summed E-state index contributed by atoms with van der Waals surface area (Å²) in [5.41, 5.74) is 2.21. The fraction of sp³-hybridized carbons (Fsp3) is 0.682. The molecular formula is C22H37N3O2. The first kappa shape index (κ1) is 21.7. The molecule has 5 heteroatoms. The van der Waals surface area contributed by atoms with Gasteiger partial charge in [0.25, 0.3) is 0 Å². The Hall–Kier alpha value is -1.59. The number of rotatable bonds is 6. The molecule has 1 saturated heterocycles. The van der Waals surface area contributed by atoms with Crippen molar-refractivity contribution in [1.82, 2.24) is 10.6 Å². The predicted molar refractivity (Wildman–Crippen MR) is 112 cm³/mol. The summed E-state index contributed by atoms with van der Waals surface area (Å²) in [5.74, 6) is 1.21. The minimum Gasteiger partial charge on any atom is -0.386 e. The summed E-state index contributed by atoms with van der Waals surface area (Å²) in [6.45, 7) is 13.6. The highest BCUT2D eigenvalue weighted by Crippen LogP contribution is 2.33. The van der Waals surface area contributed by atoms with Crippen molar-refractivity contribution in [2.45, 2.75) is 59.7 Å². The van der Waals surface area contributed by atoms with Crippen LogP contribution in [0, 0.1) is 18.3 Å². The van der Waals surface area contributed by atoms with E-state index in [0.29, 0.717) is 12.5 Å². The van der Waals surface area contributed by atoms with E-state index in [1.807, 2.05) is 31.2 Å². The van der Waals surface area contributed by atoms with E-state index in [9.17, 15) is 5.11 Å². The number of nitrogens with zero attached hydrogens (tertiary/aromatic N) is 1. The smallest absolute Gasteiger partial charge is 0.191 e. The lowest BCUT2D eigenvalue weighted by Gasteiger charge is -2.40. The molecule has 5 nitrogen and oxygen atoms in total. The summed E-state index contributed by atoms with van der Waals surface area (Å²) in [6, 6.07) is 7.95. The van der Waals surface area contributed by atoms with Gasteiger partial charge in [0, 0.05) is 25.6 Å². The van der Waals surface area contributed by atoms with Crippen molar-refractivity contribution in [3.05, 3.63) is 35.4 Å². The van der Waals surface area contributed by atoms with Gasteiger partial charge in [0.15, 0.2) is 5.96 Å². The minimum absolute atomic E-state index is 0.129. The fourth-order valence-electron chi connectivity index (χ4n) is 3.65. The van der Waals surface area contributed by atoms with Crippen molar-refractivity contribution >= 4 is 5.96 Å². The lowest BCUT2D eigenvalue weighted by molar-refractivity contribution is -0.0835. The van der Waals surface area contributed by atoms with Crippen LogP contribution in [0.25, 0.3) is 0 Å². The number of aliphatic hydroxyl groups excluding tert-OH is 1. The summed E-state index contributed by atoms with van der Waals surface area (Å²) in [5, 5.41) is 17.1. The molecule has 0 radical (unpaired) electrons. The summed E-state index contributed by atoms with van der Waals surface area (Å²) < 4.78 is 6.07.